The molecule has 0 radical (unpaired) electrons. The van der Waals surface area contributed by atoms with E-state index in [-0.39, 0.29) is 11.6 Å². The zero-order valence-electron chi connectivity index (χ0n) is 7.91. The van der Waals surface area contributed by atoms with Gasteiger partial charge in [-0.25, -0.2) is 0 Å². The van der Waals surface area contributed by atoms with Gasteiger partial charge in [-0.05, 0) is 0 Å². The van der Waals surface area contributed by atoms with E-state index in [0.717, 1.165) is 17.3 Å². The minimum absolute atomic E-state index is 0.300. The van der Waals surface area contributed by atoms with Crippen LogP contribution in [0.2, 0.25) is 0 Å². The van der Waals surface area contributed by atoms with Crippen LogP contribution in [0.4, 0.5) is 0 Å². The standard InChI is InChI=1S/C8H9Br2O4P/c1-5-7(11)13-15(10,12-5)4-6(9)8(14-15)2-3-8/h4-5H,2-3H2,1H3. The molecule has 0 N–H and O–H groups in total. The van der Waals surface area contributed by atoms with E-state index in [0.29, 0.717) is 0 Å². The first-order valence-electron chi connectivity index (χ1n) is 4.62. The molecule has 1 aliphatic carbocycles. The van der Waals surface area contributed by atoms with Crippen LogP contribution in [0, 0.1) is 0 Å². The Morgan fingerprint density at radius 2 is 2.27 bits per heavy atom. The van der Waals surface area contributed by atoms with Crippen molar-refractivity contribution in [2.45, 2.75) is 31.5 Å². The number of carbonyl (C=O) groups excluding carboxylic acids is 1. The van der Waals surface area contributed by atoms with Crippen LogP contribution in [0.5, 0.6) is 0 Å². The van der Waals surface area contributed by atoms with E-state index in [9.17, 15) is 4.79 Å². The van der Waals surface area contributed by atoms with Crippen molar-refractivity contribution in [2.24, 2.45) is 0 Å². The van der Waals surface area contributed by atoms with Gasteiger partial charge in [0.05, 0.1) is 0 Å². The van der Waals surface area contributed by atoms with Gasteiger partial charge in [-0.3, -0.25) is 0 Å². The molecule has 2 aliphatic heterocycles. The van der Waals surface area contributed by atoms with Crippen molar-refractivity contribution in [1.82, 2.24) is 0 Å². The molecule has 7 heteroatoms. The second kappa shape index (κ2) is 2.67. The molecule has 2 fully saturated rings. The molecule has 1 saturated heterocycles. The molecule has 2 heterocycles. The summed E-state index contributed by atoms with van der Waals surface area (Å²) in [5.74, 6) is -2.07. The van der Waals surface area contributed by atoms with Gasteiger partial charge in [-0.1, -0.05) is 0 Å². The maximum absolute atomic E-state index is 11.4. The Bertz CT molecular complexity index is 407. The first-order chi connectivity index (χ1) is 6.85. The summed E-state index contributed by atoms with van der Waals surface area (Å²) in [6, 6.07) is 0. The van der Waals surface area contributed by atoms with Gasteiger partial charge in [0, 0.05) is 0 Å². The van der Waals surface area contributed by atoms with Gasteiger partial charge in [0.2, 0.25) is 0 Å². The maximum atomic E-state index is 11.4. The van der Waals surface area contributed by atoms with E-state index in [1.807, 2.05) is 0 Å². The molecule has 0 amide bonds. The zero-order valence-corrected chi connectivity index (χ0v) is 12.0. The summed E-state index contributed by atoms with van der Waals surface area (Å²) in [4.78, 5) is 11.4. The molecular formula is C8H9Br2O4P. The number of rotatable bonds is 0. The molecule has 3 rings (SSSR count). The monoisotopic (exact) mass is 358 g/mol. The first-order valence-corrected chi connectivity index (χ1v) is 9.49. The summed E-state index contributed by atoms with van der Waals surface area (Å²) < 4.78 is 17.7. The Hall–Kier alpha value is 0.520. The van der Waals surface area contributed by atoms with Crippen LogP contribution < -0.4 is 0 Å². The van der Waals surface area contributed by atoms with Crippen LogP contribution in [0.3, 0.4) is 0 Å². The number of halogens is 2. The fraction of sp³-hybridized carbons (Fsp3) is 0.625. The van der Waals surface area contributed by atoms with Crippen molar-refractivity contribution in [3.8, 4) is 0 Å². The van der Waals surface area contributed by atoms with Crippen molar-refractivity contribution in [2.75, 3.05) is 0 Å². The number of hydrogen-bond acceptors (Lipinski definition) is 4. The summed E-state index contributed by atoms with van der Waals surface area (Å²) >= 11 is 6.84. The normalized spacial score (nSPS) is 41.0. The van der Waals surface area contributed by atoms with Gasteiger partial charge in [-0.2, -0.15) is 0 Å². The van der Waals surface area contributed by atoms with Crippen LogP contribution in [0.1, 0.15) is 19.8 Å². The van der Waals surface area contributed by atoms with Crippen molar-refractivity contribution in [3.63, 3.8) is 0 Å². The Balaban J connectivity index is 2.03. The topological polar surface area (TPSA) is 44.8 Å². The van der Waals surface area contributed by atoms with E-state index in [4.69, 9.17) is 13.6 Å². The molecule has 3 aliphatic rings. The van der Waals surface area contributed by atoms with Crippen LogP contribution in [-0.4, -0.2) is 17.7 Å². The Morgan fingerprint density at radius 1 is 1.60 bits per heavy atom. The van der Waals surface area contributed by atoms with E-state index in [2.05, 4.69) is 31.4 Å². The van der Waals surface area contributed by atoms with Crippen molar-refractivity contribution in [3.05, 3.63) is 10.3 Å². The predicted molar refractivity (Wildman–Crippen MR) is 62.5 cm³/mol. The average Bonchev–Trinajstić information content (AvgIpc) is 2.73. The molecule has 84 valence electrons. The summed E-state index contributed by atoms with van der Waals surface area (Å²) in [6.07, 6.45) is 1.29. The molecule has 1 saturated carbocycles. The second-order valence-corrected chi connectivity index (χ2v) is 11.3. The second-order valence-electron chi connectivity index (χ2n) is 4.07. The summed E-state index contributed by atoms with van der Waals surface area (Å²) in [6.45, 7) is 1.66. The third kappa shape index (κ3) is 1.39. The summed E-state index contributed by atoms with van der Waals surface area (Å²) in [5.41, 5.74) is -0.300. The molecule has 0 bridgehead atoms. The molecular weight excluding hydrogens is 351 g/mol. The van der Waals surface area contributed by atoms with E-state index in [1.165, 1.54) is 0 Å². The minimum atomic E-state index is -3.45. The molecule has 1 atom stereocenters. The average molecular weight is 360 g/mol. The molecule has 0 aromatic carbocycles. The van der Waals surface area contributed by atoms with E-state index in [1.54, 1.807) is 12.7 Å². The van der Waals surface area contributed by atoms with Gasteiger partial charge < -0.3 is 0 Å². The first kappa shape index (κ1) is 10.7. The van der Waals surface area contributed by atoms with Crippen molar-refractivity contribution < 1.29 is 18.4 Å². The van der Waals surface area contributed by atoms with Gasteiger partial charge in [0.15, 0.2) is 0 Å². The third-order valence-corrected chi connectivity index (χ3v) is 8.55. The zero-order chi connectivity index (χ0) is 10.9. The van der Waals surface area contributed by atoms with Gasteiger partial charge >= 0.3 is 104 Å². The van der Waals surface area contributed by atoms with Gasteiger partial charge in [-0.15, -0.1) is 0 Å². The predicted octanol–water partition coefficient (Wildman–Crippen LogP) is 3.36. The van der Waals surface area contributed by atoms with Gasteiger partial charge in [0.1, 0.15) is 0 Å². The van der Waals surface area contributed by atoms with E-state index >= 15 is 0 Å². The molecule has 2 spiro atoms. The fourth-order valence-electron chi connectivity index (χ4n) is 1.80. The van der Waals surface area contributed by atoms with Gasteiger partial charge in [0.25, 0.3) is 0 Å². The fourth-order valence-corrected chi connectivity index (χ4v) is 9.81. The van der Waals surface area contributed by atoms with Crippen LogP contribution >= 0.6 is 37.4 Å². The Morgan fingerprint density at radius 3 is 2.67 bits per heavy atom. The molecule has 0 aromatic rings. The van der Waals surface area contributed by atoms with Crippen LogP contribution in [0.25, 0.3) is 0 Å². The molecule has 15 heavy (non-hydrogen) atoms. The Labute approximate surface area is 103 Å². The SMILES string of the molecule is CC1OP2(Br)(C=C(Br)C3(CC3)O2)OC1=O. The molecule has 4 nitrogen and oxygen atoms in total. The third-order valence-electron chi connectivity index (χ3n) is 2.72. The number of carbonyl (C=O) groups is 1. The number of hydrogen-bond donors (Lipinski definition) is 0. The van der Waals surface area contributed by atoms with Crippen molar-refractivity contribution >= 4 is 43.4 Å². The summed E-state index contributed by atoms with van der Waals surface area (Å²) in [7, 11) is 0. The van der Waals surface area contributed by atoms with Crippen LogP contribution in [0.15, 0.2) is 10.3 Å². The molecule has 0 aromatic heterocycles. The quantitative estimate of drug-likeness (QED) is 0.622. The van der Waals surface area contributed by atoms with Crippen molar-refractivity contribution in [1.29, 1.82) is 0 Å². The molecule has 1 unspecified atom stereocenters. The summed E-state index contributed by atoms with van der Waals surface area (Å²) in [5, 5.41) is 0. The van der Waals surface area contributed by atoms with E-state index < -0.39 is 12.1 Å². The van der Waals surface area contributed by atoms with Crippen LogP contribution in [-0.2, 0) is 18.4 Å². The Kier molecular flexibility index (Phi) is 1.90.